The molecule has 0 radical (unpaired) electrons. The van der Waals surface area contributed by atoms with Crippen molar-refractivity contribution in [2.24, 2.45) is 5.92 Å². The summed E-state index contributed by atoms with van der Waals surface area (Å²) in [6.45, 7) is 0.558. The van der Waals surface area contributed by atoms with Gasteiger partial charge in [0.1, 0.15) is 5.75 Å². The normalized spacial score (nSPS) is 15.6. The molecule has 1 aromatic carbocycles. The minimum absolute atomic E-state index is 0.0344. The molecule has 10 nitrogen and oxygen atoms in total. The van der Waals surface area contributed by atoms with Crippen LogP contribution in [0.5, 0.6) is 5.75 Å². The van der Waals surface area contributed by atoms with Gasteiger partial charge in [0.05, 0.1) is 12.0 Å². The second-order valence-corrected chi connectivity index (χ2v) is 11.4. The molecule has 34 heavy (non-hydrogen) atoms. The van der Waals surface area contributed by atoms with Crippen LogP contribution in [0.3, 0.4) is 0 Å². The van der Waals surface area contributed by atoms with E-state index in [4.69, 9.17) is 0 Å². The Morgan fingerprint density at radius 1 is 1.18 bits per heavy atom. The fourth-order valence-electron chi connectivity index (χ4n) is 3.04. The summed E-state index contributed by atoms with van der Waals surface area (Å²) in [7, 11) is -3.27. The molecule has 16 heteroatoms. The molecule has 0 aliphatic carbocycles. The Labute approximate surface area is 201 Å². The summed E-state index contributed by atoms with van der Waals surface area (Å²) < 4.78 is 65.2. The number of anilines is 2. The topological polar surface area (TPSA) is 131 Å². The van der Waals surface area contributed by atoms with Crippen molar-refractivity contribution >= 4 is 55.8 Å². The quantitative estimate of drug-likeness (QED) is 0.387. The summed E-state index contributed by atoms with van der Waals surface area (Å²) >= 11 is 2.17. The van der Waals surface area contributed by atoms with Crippen LogP contribution in [0.2, 0.25) is 0 Å². The zero-order valence-corrected chi connectivity index (χ0v) is 20.1. The Kier molecular flexibility index (Phi) is 8.38. The summed E-state index contributed by atoms with van der Waals surface area (Å²) in [6, 6.07) is 4.73. The zero-order valence-electron chi connectivity index (χ0n) is 17.7. The van der Waals surface area contributed by atoms with E-state index in [1.807, 2.05) is 0 Å². The maximum absolute atomic E-state index is 12.4. The number of benzene rings is 1. The van der Waals surface area contributed by atoms with Crippen molar-refractivity contribution in [1.29, 1.82) is 0 Å². The van der Waals surface area contributed by atoms with E-state index in [2.05, 4.69) is 25.6 Å². The number of aromatic nitrogens is 2. The Morgan fingerprint density at radius 3 is 2.41 bits per heavy atom. The molecule has 186 valence electrons. The number of carbonyl (C=O) groups is 2. The summed E-state index contributed by atoms with van der Waals surface area (Å²) in [5.41, 5.74) is 0.298. The highest BCUT2D eigenvalue weighted by atomic mass is 32.2. The van der Waals surface area contributed by atoms with Crippen LogP contribution in [0.4, 0.5) is 24.0 Å². The van der Waals surface area contributed by atoms with Crippen molar-refractivity contribution in [3.63, 3.8) is 0 Å². The maximum atomic E-state index is 12.4. The third-order valence-electron chi connectivity index (χ3n) is 4.63. The van der Waals surface area contributed by atoms with Crippen LogP contribution in [-0.4, -0.2) is 66.2 Å². The molecular formula is C18H20F3N5O5S3. The fraction of sp³-hybridized carbons (Fsp3) is 0.444. The van der Waals surface area contributed by atoms with Gasteiger partial charge in [0.15, 0.2) is 4.34 Å². The van der Waals surface area contributed by atoms with Gasteiger partial charge in [-0.2, -0.15) is 0 Å². The summed E-state index contributed by atoms with van der Waals surface area (Å²) in [6.07, 6.45) is -2.85. The number of sulfonamides is 1. The van der Waals surface area contributed by atoms with E-state index in [0.717, 1.165) is 41.5 Å². The first-order valence-corrected chi connectivity index (χ1v) is 13.4. The second-order valence-electron chi connectivity index (χ2n) is 7.21. The molecule has 2 N–H and O–H groups in total. The van der Waals surface area contributed by atoms with Crippen LogP contribution in [-0.2, 0) is 19.6 Å². The smallest absolute Gasteiger partial charge is 0.406 e. The highest BCUT2D eigenvalue weighted by molar-refractivity contribution is 8.01. The summed E-state index contributed by atoms with van der Waals surface area (Å²) in [4.78, 5) is 24.5. The predicted octanol–water partition coefficient (Wildman–Crippen LogP) is 2.78. The Hall–Kier alpha value is -2.43. The molecule has 0 unspecified atom stereocenters. The molecule has 0 saturated carbocycles. The van der Waals surface area contributed by atoms with Gasteiger partial charge in [-0.15, -0.1) is 23.4 Å². The number of nitrogens with one attached hydrogen (secondary N) is 2. The molecule has 0 spiro atoms. The van der Waals surface area contributed by atoms with Crippen LogP contribution in [0, 0.1) is 5.92 Å². The lowest BCUT2D eigenvalue weighted by Gasteiger charge is -2.29. The van der Waals surface area contributed by atoms with Crippen molar-refractivity contribution in [3.8, 4) is 5.75 Å². The first-order chi connectivity index (χ1) is 15.9. The van der Waals surface area contributed by atoms with E-state index in [0.29, 0.717) is 22.9 Å². The number of rotatable bonds is 8. The number of piperidine rings is 1. The Morgan fingerprint density at radius 2 is 1.82 bits per heavy atom. The monoisotopic (exact) mass is 539 g/mol. The zero-order chi connectivity index (χ0) is 24.9. The molecule has 3 rings (SSSR count). The molecule has 2 aromatic rings. The summed E-state index contributed by atoms with van der Waals surface area (Å²) in [5.74, 6) is -1.45. The van der Waals surface area contributed by atoms with Gasteiger partial charge in [0.25, 0.3) is 0 Å². The van der Waals surface area contributed by atoms with Crippen LogP contribution in [0.25, 0.3) is 0 Å². The van der Waals surface area contributed by atoms with Gasteiger partial charge in [-0.1, -0.05) is 23.1 Å². The number of hydrogen-bond donors (Lipinski definition) is 2. The number of alkyl halides is 3. The highest BCUT2D eigenvalue weighted by Crippen LogP contribution is 2.28. The first kappa shape index (κ1) is 26.2. The summed E-state index contributed by atoms with van der Waals surface area (Å²) in [5, 5.41) is 13.3. The molecule has 2 heterocycles. The minimum atomic E-state index is -4.79. The van der Waals surface area contributed by atoms with Crippen molar-refractivity contribution < 1.29 is 35.9 Å². The molecule has 1 fully saturated rings. The minimum Gasteiger partial charge on any atom is -0.406 e. The van der Waals surface area contributed by atoms with E-state index in [9.17, 15) is 31.2 Å². The number of carbonyl (C=O) groups excluding carboxylic acids is 2. The molecule has 2 amide bonds. The van der Waals surface area contributed by atoms with Gasteiger partial charge in [0.2, 0.25) is 27.0 Å². The SMILES string of the molecule is CS(=O)(=O)N1CCC(C(=O)Nc2nnc(SCC(=O)Nc3ccc(OC(F)(F)F)cc3)s2)CC1. The van der Waals surface area contributed by atoms with Gasteiger partial charge in [-0.25, -0.2) is 12.7 Å². The van der Waals surface area contributed by atoms with E-state index in [1.54, 1.807) is 0 Å². The van der Waals surface area contributed by atoms with Crippen molar-refractivity contribution in [3.05, 3.63) is 24.3 Å². The highest BCUT2D eigenvalue weighted by Gasteiger charge is 2.31. The van der Waals surface area contributed by atoms with Crippen LogP contribution >= 0.6 is 23.1 Å². The van der Waals surface area contributed by atoms with Gasteiger partial charge < -0.3 is 15.4 Å². The number of nitrogens with zero attached hydrogens (tertiary/aromatic N) is 3. The average Bonchev–Trinajstić information content (AvgIpc) is 3.19. The van der Waals surface area contributed by atoms with Gasteiger partial charge in [-0.3, -0.25) is 9.59 Å². The molecular weight excluding hydrogens is 519 g/mol. The van der Waals surface area contributed by atoms with Crippen molar-refractivity contribution in [2.75, 3.05) is 35.7 Å². The fourth-order valence-corrected chi connectivity index (χ4v) is 5.47. The predicted molar refractivity (Wildman–Crippen MR) is 120 cm³/mol. The number of amides is 2. The van der Waals surface area contributed by atoms with E-state index in [1.165, 1.54) is 16.4 Å². The van der Waals surface area contributed by atoms with E-state index >= 15 is 0 Å². The van der Waals surface area contributed by atoms with Crippen molar-refractivity contribution in [1.82, 2.24) is 14.5 Å². The van der Waals surface area contributed by atoms with Gasteiger partial charge in [-0.05, 0) is 37.1 Å². The van der Waals surface area contributed by atoms with Crippen LogP contribution in [0.1, 0.15) is 12.8 Å². The van der Waals surface area contributed by atoms with E-state index in [-0.39, 0.29) is 35.8 Å². The number of halogens is 3. The molecule has 1 saturated heterocycles. The molecule has 1 aromatic heterocycles. The number of hydrogen-bond acceptors (Lipinski definition) is 9. The largest absolute Gasteiger partial charge is 0.573 e. The molecule has 1 aliphatic heterocycles. The number of thioether (sulfide) groups is 1. The Bertz CT molecular complexity index is 1120. The maximum Gasteiger partial charge on any atom is 0.573 e. The van der Waals surface area contributed by atoms with Gasteiger partial charge >= 0.3 is 6.36 Å². The van der Waals surface area contributed by atoms with Crippen molar-refractivity contribution in [2.45, 2.75) is 23.5 Å². The molecule has 0 bridgehead atoms. The lowest BCUT2D eigenvalue weighted by Crippen LogP contribution is -2.40. The molecule has 1 aliphatic rings. The third-order valence-corrected chi connectivity index (χ3v) is 7.90. The van der Waals surface area contributed by atoms with Crippen LogP contribution < -0.4 is 15.4 Å². The molecule has 0 atom stereocenters. The lowest BCUT2D eigenvalue weighted by atomic mass is 9.97. The van der Waals surface area contributed by atoms with Gasteiger partial charge in [0, 0.05) is 24.7 Å². The van der Waals surface area contributed by atoms with E-state index < -0.39 is 28.0 Å². The average molecular weight is 540 g/mol. The lowest BCUT2D eigenvalue weighted by molar-refractivity contribution is -0.274. The second kappa shape index (κ2) is 10.9. The number of ether oxygens (including phenoxy) is 1. The van der Waals surface area contributed by atoms with Crippen LogP contribution in [0.15, 0.2) is 28.6 Å². The first-order valence-electron chi connectivity index (χ1n) is 9.77. The standard InChI is InChI=1S/C18H20F3N5O5S3/c1-34(29,30)26-8-6-11(7-9-26)15(28)23-16-24-25-17(33-16)32-10-14(27)22-12-2-4-13(5-3-12)31-18(19,20)21/h2-5,11H,6-10H2,1H3,(H,22,27)(H,23,24,28). The Balaban J connectivity index is 1.42. The third kappa shape index (κ3) is 8.11.